The second-order valence-corrected chi connectivity index (χ2v) is 7.61. The van der Waals surface area contributed by atoms with Crippen molar-refractivity contribution in [1.29, 1.82) is 0 Å². The fourth-order valence-corrected chi connectivity index (χ4v) is 3.21. The molecule has 0 fully saturated rings. The van der Waals surface area contributed by atoms with Crippen molar-refractivity contribution >= 4 is 24.1 Å². The molecule has 2 amide bonds. The van der Waals surface area contributed by atoms with Crippen LogP contribution in [0.25, 0.3) is 6.08 Å². The molecular formula is C27H25N3O5. The highest BCUT2D eigenvalue weighted by Gasteiger charge is 2.15. The standard InChI is InChI=1S/C27H25N3O5/c1-2-14-33-22-11-8-19(9-12-22)15-23(29-26(31)21-6-4-3-5-7-21)27(32)30-28-17-20-10-13-24-25(16-20)35-18-34-24/h3-13,15-17H,2,14,18H2,1H3,(H,29,31)(H,30,32). The number of nitrogens with zero attached hydrogens (tertiary/aromatic N) is 1. The number of benzene rings is 3. The SMILES string of the molecule is CCCOc1ccc(C=C(NC(=O)c2ccccc2)C(=O)NN=Cc2ccc3c(c2)OCO3)cc1. The van der Waals surface area contributed by atoms with Crippen LogP contribution in [0.1, 0.15) is 34.8 Å². The highest BCUT2D eigenvalue weighted by molar-refractivity contribution is 6.05. The second-order valence-electron chi connectivity index (χ2n) is 7.61. The first-order chi connectivity index (χ1) is 17.1. The topological polar surface area (TPSA) is 98.2 Å². The molecule has 0 atom stereocenters. The molecule has 0 aromatic heterocycles. The average molecular weight is 472 g/mol. The monoisotopic (exact) mass is 471 g/mol. The number of amides is 2. The first-order valence-electron chi connectivity index (χ1n) is 11.2. The molecule has 0 unspecified atom stereocenters. The molecular weight excluding hydrogens is 446 g/mol. The minimum atomic E-state index is -0.572. The maximum atomic E-state index is 12.9. The number of carbonyl (C=O) groups is 2. The Bertz CT molecular complexity index is 1240. The molecule has 1 aliphatic heterocycles. The van der Waals surface area contributed by atoms with E-state index < -0.39 is 11.8 Å². The Kier molecular flexibility index (Phi) is 7.75. The Morgan fingerprint density at radius 3 is 2.49 bits per heavy atom. The summed E-state index contributed by atoms with van der Waals surface area (Å²) >= 11 is 0. The summed E-state index contributed by atoms with van der Waals surface area (Å²) in [4.78, 5) is 25.6. The van der Waals surface area contributed by atoms with Gasteiger partial charge in [-0.25, -0.2) is 5.43 Å². The molecule has 8 heteroatoms. The Morgan fingerprint density at radius 2 is 1.71 bits per heavy atom. The van der Waals surface area contributed by atoms with E-state index in [1.54, 1.807) is 48.5 Å². The number of fused-ring (bicyclic) bond motifs is 1. The van der Waals surface area contributed by atoms with Gasteiger partial charge in [0.2, 0.25) is 6.79 Å². The molecule has 0 aliphatic carbocycles. The number of hydrazone groups is 1. The zero-order valence-corrected chi connectivity index (χ0v) is 19.2. The lowest BCUT2D eigenvalue weighted by molar-refractivity contribution is -0.117. The maximum Gasteiger partial charge on any atom is 0.287 e. The molecule has 0 saturated heterocycles. The van der Waals surface area contributed by atoms with Gasteiger partial charge in [-0.3, -0.25) is 9.59 Å². The van der Waals surface area contributed by atoms with Gasteiger partial charge in [0.1, 0.15) is 11.4 Å². The van der Waals surface area contributed by atoms with Gasteiger partial charge in [0.15, 0.2) is 11.5 Å². The molecule has 8 nitrogen and oxygen atoms in total. The minimum Gasteiger partial charge on any atom is -0.494 e. The highest BCUT2D eigenvalue weighted by Crippen LogP contribution is 2.31. The quantitative estimate of drug-likeness (QED) is 0.278. The van der Waals surface area contributed by atoms with Crippen LogP contribution in [0, 0.1) is 0 Å². The van der Waals surface area contributed by atoms with Gasteiger partial charge in [0.25, 0.3) is 11.8 Å². The van der Waals surface area contributed by atoms with E-state index in [0.29, 0.717) is 29.2 Å². The number of hydrogen-bond acceptors (Lipinski definition) is 6. The Hall–Kier alpha value is -4.59. The predicted octanol–water partition coefficient (Wildman–Crippen LogP) is 4.13. The van der Waals surface area contributed by atoms with Crippen LogP contribution in [0.15, 0.2) is 83.6 Å². The van der Waals surface area contributed by atoms with Gasteiger partial charge >= 0.3 is 0 Å². The van der Waals surface area contributed by atoms with Gasteiger partial charge in [-0.05, 0) is 66.1 Å². The van der Waals surface area contributed by atoms with Crippen molar-refractivity contribution in [1.82, 2.24) is 10.7 Å². The first-order valence-corrected chi connectivity index (χ1v) is 11.2. The fourth-order valence-electron chi connectivity index (χ4n) is 3.21. The number of carbonyl (C=O) groups excluding carboxylic acids is 2. The molecule has 1 heterocycles. The summed E-state index contributed by atoms with van der Waals surface area (Å²) in [6, 6.07) is 21.2. The number of hydrogen-bond donors (Lipinski definition) is 2. The Morgan fingerprint density at radius 1 is 0.971 bits per heavy atom. The summed E-state index contributed by atoms with van der Waals surface area (Å²) in [7, 11) is 0. The van der Waals surface area contributed by atoms with Crippen LogP contribution in [0.4, 0.5) is 0 Å². The Labute approximate surface area is 203 Å². The summed E-state index contributed by atoms with van der Waals surface area (Å²) < 4.78 is 16.2. The van der Waals surface area contributed by atoms with E-state index in [4.69, 9.17) is 14.2 Å². The van der Waals surface area contributed by atoms with Crippen molar-refractivity contribution in [2.24, 2.45) is 5.10 Å². The first kappa shape index (κ1) is 23.6. The average Bonchev–Trinajstić information content (AvgIpc) is 3.36. The lowest BCUT2D eigenvalue weighted by atomic mass is 10.1. The van der Waals surface area contributed by atoms with Crippen molar-refractivity contribution in [3.63, 3.8) is 0 Å². The molecule has 35 heavy (non-hydrogen) atoms. The summed E-state index contributed by atoms with van der Waals surface area (Å²) in [5.41, 5.74) is 4.37. The van der Waals surface area contributed by atoms with Crippen LogP contribution in [0.2, 0.25) is 0 Å². The lowest BCUT2D eigenvalue weighted by Gasteiger charge is -2.10. The second kappa shape index (κ2) is 11.5. The number of ether oxygens (including phenoxy) is 3. The molecule has 178 valence electrons. The fraction of sp³-hybridized carbons (Fsp3) is 0.148. The third kappa shape index (κ3) is 6.48. The van der Waals surface area contributed by atoms with Crippen molar-refractivity contribution in [2.45, 2.75) is 13.3 Å². The third-order valence-electron chi connectivity index (χ3n) is 4.97. The van der Waals surface area contributed by atoms with E-state index in [9.17, 15) is 9.59 Å². The van der Waals surface area contributed by atoms with Crippen LogP contribution in [0.5, 0.6) is 17.2 Å². The number of rotatable bonds is 9. The molecule has 2 N–H and O–H groups in total. The molecule has 3 aromatic rings. The zero-order valence-electron chi connectivity index (χ0n) is 19.2. The van der Waals surface area contributed by atoms with E-state index in [1.165, 1.54) is 6.21 Å². The van der Waals surface area contributed by atoms with Crippen LogP contribution >= 0.6 is 0 Å². The van der Waals surface area contributed by atoms with Crippen molar-refractivity contribution in [2.75, 3.05) is 13.4 Å². The van der Waals surface area contributed by atoms with Crippen LogP contribution in [-0.4, -0.2) is 31.4 Å². The van der Waals surface area contributed by atoms with Gasteiger partial charge in [-0.2, -0.15) is 5.10 Å². The summed E-state index contributed by atoms with van der Waals surface area (Å²) in [5, 5.41) is 6.71. The lowest BCUT2D eigenvalue weighted by Crippen LogP contribution is -2.32. The smallest absolute Gasteiger partial charge is 0.287 e. The Balaban J connectivity index is 1.50. The van der Waals surface area contributed by atoms with E-state index >= 15 is 0 Å². The van der Waals surface area contributed by atoms with Crippen molar-refractivity contribution in [3.8, 4) is 17.2 Å². The maximum absolute atomic E-state index is 12.9. The molecule has 3 aromatic carbocycles. The number of nitrogens with one attached hydrogen (secondary N) is 2. The molecule has 4 rings (SSSR count). The van der Waals surface area contributed by atoms with Crippen LogP contribution in [0.3, 0.4) is 0 Å². The van der Waals surface area contributed by atoms with Gasteiger partial charge in [-0.1, -0.05) is 37.3 Å². The van der Waals surface area contributed by atoms with E-state index in [-0.39, 0.29) is 12.5 Å². The van der Waals surface area contributed by atoms with Gasteiger partial charge < -0.3 is 19.5 Å². The van der Waals surface area contributed by atoms with Crippen LogP contribution in [-0.2, 0) is 4.79 Å². The van der Waals surface area contributed by atoms with E-state index in [0.717, 1.165) is 17.7 Å². The molecule has 0 bridgehead atoms. The normalized spacial score (nSPS) is 12.4. The molecule has 0 saturated carbocycles. The summed E-state index contributed by atoms with van der Waals surface area (Å²) in [5.74, 6) is 1.03. The van der Waals surface area contributed by atoms with Gasteiger partial charge in [0, 0.05) is 5.56 Å². The third-order valence-corrected chi connectivity index (χ3v) is 4.97. The highest BCUT2D eigenvalue weighted by atomic mass is 16.7. The van der Waals surface area contributed by atoms with Crippen molar-refractivity contribution in [3.05, 3.63) is 95.2 Å². The zero-order chi connectivity index (χ0) is 24.5. The molecule has 1 aliphatic rings. The van der Waals surface area contributed by atoms with Crippen LogP contribution < -0.4 is 25.0 Å². The van der Waals surface area contributed by atoms with Gasteiger partial charge in [-0.15, -0.1) is 0 Å². The van der Waals surface area contributed by atoms with Crippen molar-refractivity contribution < 1.29 is 23.8 Å². The molecule has 0 spiro atoms. The van der Waals surface area contributed by atoms with Gasteiger partial charge in [0.05, 0.1) is 12.8 Å². The summed E-state index contributed by atoms with van der Waals surface area (Å²) in [6.07, 6.45) is 3.97. The van der Waals surface area contributed by atoms with E-state index in [2.05, 4.69) is 15.8 Å². The van der Waals surface area contributed by atoms with E-state index in [1.807, 2.05) is 37.3 Å². The largest absolute Gasteiger partial charge is 0.494 e. The summed E-state index contributed by atoms with van der Waals surface area (Å²) in [6.45, 7) is 2.83. The predicted molar refractivity (Wildman–Crippen MR) is 132 cm³/mol. The molecule has 0 radical (unpaired) electrons. The minimum absolute atomic E-state index is 0.0453.